The second-order valence-electron chi connectivity index (χ2n) is 7.32. The third kappa shape index (κ3) is 3.29. The fourth-order valence-corrected chi connectivity index (χ4v) is 3.99. The normalized spacial score (nSPS) is 14.9. The zero-order valence-electron chi connectivity index (χ0n) is 15.8. The number of nitrogens with one attached hydrogen (secondary N) is 3. The van der Waals surface area contributed by atoms with Crippen LogP contribution in [-0.4, -0.2) is 30.0 Å². The maximum atomic E-state index is 12.6. The molecule has 0 spiro atoms. The van der Waals surface area contributed by atoms with Gasteiger partial charge in [0, 0.05) is 27.7 Å². The summed E-state index contributed by atoms with van der Waals surface area (Å²) < 4.78 is 10.9. The summed E-state index contributed by atoms with van der Waals surface area (Å²) in [4.78, 5) is 28.4. The number of amides is 2. The maximum absolute atomic E-state index is 12.6. The summed E-state index contributed by atoms with van der Waals surface area (Å²) >= 11 is 0. The van der Waals surface area contributed by atoms with Crippen LogP contribution < -0.4 is 20.3 Å². The first-order valence-corrected chi connectivity index (χ1v) is 9.83. The number of hydrazine groups is 1. The zero-order valence-corrected chi connectivity index (χ0v) is 15.8. The van der Waals surface area contributed by atoms with Crippen molar-refractivity contribution in [2.24, 2.45) is 0 Å². The molecule has 0 bridgehead atoms. The van der Waals surface area contributed by atoms with E-state index in [0.29, 0.717) is 35.8 Å². The van der Waals surface area contributed by atoms with E-state index in [1.54, 1.807) is 24.3 Å². The molecule has 3 aromatic rings. The number of hydrogen-bond acceptors (Lipinski definition) is 4. The minimum absolute atomic E-state index is 0.358. The lowest BCUT2D eigenvalue weighted by atomic mass is 9.95. The van der Waals surface area contributed by atoms with Crippen LogP contribution in [0.15, 0.2) is 36.4 Å². The van der Waals surface area contributed by atoms with Gasteiger partial charge in [0.15, 0.2) is 11.5 Å². The number of fused-ring (bicyclic) bond motifs is 4. The molecular weight excluding hydrogens is 370 g/mol. The Balaban J connectivity index is 1.29. The van der Waals surface area contributed by atoms with E-state index >= 15 is 0 Å². The van der Waals surface area contributed by atoms with E-state index in [2.05, 4.69) is 15.8 Å². The summed E-state index contributed by atoms with van der Waals surface area (Å²) in [6, 6.07) is 10.5. The second-order valence-corrected chi connectivity index (χ2v) is 7.32. The number of benzene rings is 2. The molecule has 0 radical (unpaired) electrons. The molecule has 2 heterocycles. The van der Waals surface area contributed by atoms with Gasteiger partial charge < -0.3 is 14.5 Å². The van der Waals surface area contributed by atoms with Gasteiger partial charge in [0.25, 0.3) is 11.8 Å². The first kappa shape index (κ1) is 17.6. The molecule has 0 unspecified atom stereocenters. The minimum Gasteiger partial charge on any atom is -0.486 e. The van der Waals surface area contributed by atoms with Crippen molar-refractivity contribution in [1.82, 2.24) is 15.8 Å². The largest absolute Gasteiger partial charge is 0.486 e. The van der Waals surface area contributed by atoms with E-state index in [4.69, 9.17) is 9.47 Å². The van der Waals surface area contributed by atoms with Crippen molar-refractivity contribution < 1.29 is 19.1 Å². The van der Waals surface area contributed by atoms with Gasteiger partial charge in [-0.15, -0.1) is 0 Å². The molecule has 2 amide bonds. The van der Waals surface area contributed by atoms with E-state index in [0.717, 1.165) is 23.7 Å². The highest BCUT2D eigenvalue weighted by Gasteiger charge is 2.18. The Bertz CT molecular complexity index is 1120. The van der Waals surface area contributed by atoms with Crippen molar-refractivity contribution in [2.45, 2.75) is 25.7 Å². The molecule has 0 atom stereocenters. The maximum Gasteiger partial charge on any atom is 0.269 e. The van der Waals surface area contributed by atoms with Crippen molar-refractivity contribution >= 4 is 22.7 Å². The summed E-state index contributed by atoms with van der Waals surface area (Å²) in [5.41, 5.74) is 9.48. The number of carbonyl (C=O) groups excluding carboxylic acids is 2. The molecule has 5 rings (SSSR count). The van der Waals surface area contributed by atoms with Gasteiger partial charge in [-0.3, -0.25) is 20.4 Å². The van der Waals surface area contributed by atoms with E-state index in [-0.39, 0.29) is 5.91 Å². The van der Waals surface area contributed by atoms with Crippen molar-refractivity contribution in [3.63, 3.8) is 0 Å². The van der Waals surface area contributed by atoms with Crippen LogP contribution in [0.1, 0.15) is 44.8 Å². The molecular formula is C22H21N3O4. The van der Waals surface area contributed by atoms with Crippen LogP contribution in [-0.2, 0) is 12.8 Å². The highest BCUT2D eigenvalue weighted by atomic mass is 16.6. The molecule has 1 aliphatic carbocycles. The van der Waals surface area contributed by atoms with E-state index in [1.807, 2.05) is 12.1 Å². The van der Waals surface area contributed by atoms with Crippen molar-refractivity contribution in [1.29, 1.82) is 0 Å². The molecule has 2 aromatic carbocycles. The number of ether oxygens (including phenoxy) is 2. The third-order valence-corrected chi connectivity index (χ3v) is 5.45. The van der Waals surface area contributed by atoms with E-state index < -0.39 is 5.91 Å². The Morgan fingerprint density at radius 1 is 0.828 bits per heavy atom. The monoisotopic (exact) mass is 391 g/mol. The summed E-state index contributed by atoms with van der Waals surface area (Å²) in [5.74, 6) is 0.358. The molecule has 0 saturated carbocycles. The second kappa shape index (κ2) is 7.16. The van der Waals surface area contributed by atoms with Crippen LogP contribution in [0.2, 0.25) is 0 Å². The molecule has 7 heteroatoms. The highest BCUT2D eigenvalue weighted by Crippen LogP contribution is 2.31. The average Bonchev–Trinajstić information content (AvgIpc) is 3.14. The van der Waals surface area contributed by atoms with Crippen LogP contribution in [0.4, 0.5) is 0 Å². The van der Waals surface area contributed by atoms with E-state index in [1.165, 1.54) is 24.1 Å². The Morgan fingerprint density at radius 2 is 1.52 bits per heavy atom. The number of carbonyl (C=O) groups is 2. The molecule has 0 fully saturated rings. The lowest BCUT2D eigenvalue weighted by Gasteiger charge is -2.18. The molecule has 3 N–H and O–H groups in total. The van der Waals surface area contributed by atoms with Crippen molar-refractivity contribution in [3.8, 4) is 11.5 Å². The van der Waals surface area contributed by atoms with Gasteiger partial charge in [0.05, 0.1) is 0 Å². The number of H-pyrrole nitrogens is 1. The lowest BCUT2D eigenvalue weighted by molar-refractivity contribution is 0.0846. The number of rotatable bonds is 2. The van der Waals surface area contributed by atoms with Crippen LogP contribution in [0.25, 0.3) is 10.9 Å². The predicted molar refractivity (Wildman–Crippen MR) is 107 cm³/mol. The predicted octanol–water partition coefficient (Wildman–Crippen LogP) is 2.89. The number of hydrogen-bond donors (Lipinski definition) is 3. The smallest absolute Gasteiger partial charge is 0.269 e. The quantitative estimate of drug-likeness (QED) is 0.586. The highest BCUT2D eigenvalue weighted by molar-refractivity contribution is 6.01. The van der Waals surface area contributed by atoms with Crippen LogP contribution in [0.5, 0.6) is 11.5 Å². The molecule has 148 valence electrons. The Morgan fingerprint density at radius 3 is 2.34 bits per heavy atom. The van der Waals surface area contributed by atoms with Crippen LogP contribution in [0, 0.1) is 0 Å². The van der Waals surface area contributed by atoms with Gasteiger partial charge in [-0.2, -0.15) is 0 Å². The average molecular weight is 391 g/mol. The SMILES string of the molecule is O=C(NNC(=O)c1ccc2[nH]c3c(c2c1)CCCC3)c1ccc2c(c1)OCCO2. The van der Waals surface area contributed by atoms with Crippen molar-refractivity contribution in [2.75, 3.05) is 13.2 Å². The molecule has 1 aliphatic heterocycles. The van der Waals surface area contributed by atoms with Gasteiger partial charge in [0.2, 0.25) is 0 Å². The molecule has 7 nitrogen and oxygen atoms in total. The zero-order chi connectivity index (χ0) is 19.8. The third-order valence-electron chi connectivity index (χ3n) is 5.45. The van der Waals surface area contributed by atoms with Gasteiger partial charge in [-0.05, 0) is 67.6 Å². The molecule has 29 heavy (non-hydrogen) atoms. The fourth-order valence-electron chi connectivity index (χ4n) is 3.99. The van der Waals surface area contributed by atoms with Gasteiger partial charge in [0.1, 0.15) is 13.2 Å². The minimum atomic E-state index is -0.421. The van der Waals surface area contributed by atoms with Crippen LogP contribution in [0.3, 0.4) is 0 Å². The molecule has 0 saturated heterocycles. The number of aromatic amines is 1. The van der Waals surface area contributed by atoms with Gasteiger partial charge in [-0.1, -0.05) is 0 Å². The summed E-state index contributed by atoms with van der Waals surface area (Å²) in [7, 11) is 0. The fraction of sp³-hybridized carbons (Fsp3) is 0.273. The Hall–Kier alpha value is -3.48. The van der Waals surface area contributed by atoms with Crippen molar-refractivity contribution in [3.05, 3.63) is 58.8 Å². The topological polar surface area (TPSA) is 92.5 Å². The Labute approximate surface area is 167 Å². The summed E-state index contributed by atoms with van der Waals surface area (Å²) in [6.07, 6.45) is 4.44. The Kier molecular flexibility index (Phi) is 4.35. The lowest BCUT2D eigenvalue weighted by Crippen LogP contribution is -2.41. The van der Waals surface area contributed by atoms with E-state index in [9.17, 15) is 9.59 Å². The summed E-state index contributed by atoms with van der Waals surface area (Å²) in [6.45, 7) is 0.934. The number of aromatic nitrogens is 1. The van der Waals surface area contributed by atoms with Crippen LogP contribution >= 0.6 is 0 Å². The first-order valence-electron chi connectivity index (χ1n) is 9.83. The number of aryl methyl sites for hydroxylation is 2. The molecule has 2 aliphatic rings. The standard InChI is InChI=1S/C22H21N3O4/c26-21(13-5-7-18-16(11-13)15-3-1-2-4-17(15)23-18)24-25-22(27)14-6-8-19-20(12-14)29-10-9-28-19/h5-8,11-12,23H,1-4,9-10H2,(H,24,26)(H,25,27). The van der Waals surface area contributed by atoms with Gasteiger partial charge in [-0.25, -0.2) is 0 Å². The van der Waals surface area contributed by atoms with Gasteiger partial charge >= 0.3 is 0 Å². The first-order chi connectivity index (χ1) is 14.2. The summed E-state index contributed by atoms with van der Waals surface area (Å²) in [5, 5.41) is 1.09. The molecule has 1 aromatic heterocycles.